The number of nitrogens with zero attached hydrogens (tertiary/aromatic N) is 2. The summed E-state index contributed by atoms with van der Waals surface area (Å²) in [5.74, 6) is 1.59. The zero-order chi connectivity index (χ0) is 11.5. The normalized spacial score (nSPS) is 11.0. The highest BCUT2D eigenvalue weighted by molar-refractivity contribution is 5.54. The maximum atomic E-state index is 5.65. The molecule has 1 aromatic rings. The van der Waals surface area contributed by atoms with Crippen LogP contribution in [0.15, 0.2) is 6.33 Å². The van der Waals surface area contributed by atoms with Gasteiger partial charge in [-0.05, 0) is 20.8 Å². The first kappa shape index (κ1) is 11.6. The molecule has 0 bridgehead atoms. The molecule has 0 aliphatic carbocycles. The smallest absolute Gasteiger partial charge is 0.263 e. The molecule has 15 heavy (non-hydrogen) atoms. The van der Waals surface area contributed by atoms with E-state index in [0.717, 1.165) is 0 Å². The summed E-state index contributed by atoms with van der Waals surface area (Å²) in [7, 11) is 3.33. The molecule has 0 spiro atoms. The monoisotopic (exact) mass is 211 g/mol. The molecule has 0 aliphatic rings. The third kappa shape index (κ3) is 2.97. The number of methoxy groups -OCH3 is 1. The molecule has 5 heteroatoms. The van der Waals surface area contributed by atoms with Crippen LogP contribution in [0.3, 0.4) is 0 Å². The van der Waals surface area contributed by atoms with E-state index in [9.17, 15) is 0 Å². The molecule has 1 N–H and O–H groups in total. The lowest BCUT2D eigenvalue weighted by molar-refractivity contribution is 0.118. The van der Waals surface area contributed by atoms with E-state index in [-0.39, 0.29) is 5.60 Å². The van der Waals surface area contributed by atoms with Gasteiger partial charge >= 0.3 is 0 Å². The van der Waals surface area contributed by atoms with Crippen LogP contribution in [0.25, 0.3) is 0 Å². The molecule has 0 unspecified atom stereocenters. The van der Waals surface area contributed by atoms with E-state index in [4.69, 9.17) is 9.47 Å². The highest BCUT2D eigenvalue weighted by Crippen LogP contribution is 2.32. The van der Waals surface area contributed by atoms with Gasteiger partial charge in [0.05, 0.1) is 7.11 Å². The lowest BCUT2D eigenvalue weighted by Crippen LogP contribution is -2.24. The minimum absolute atomic E-state index is 0.313. The highest BCUT2D eigenvalue weighted by Gasteiger charge is 2.19. The summed E-state index contributed by atoms with van der Waals surface area (Å²) < 4.78 is 10.9. The average molecular weight is 211 g/mol. The maximum Gasteiger partial charge on any atom is 0.263 e. The lowest BCUT2D eigenvalue weighted by atomic mass is 10.2. The van der Waals surface area contributed by atoms with E-state index in [2.05, 4.69) is 15.3 Å². The van der Waals surface area contributed by atoms with Gasteiger partial charge in [0.15, 0.2) is 5.82 Å². The molecule has 0 aromatic carbocycles. The molecular weight excluding hydrogens is 194 g/mol. The molecule has 0 saturated carbocycles. The van der Waals surface area contributed by atoms with E-state index in [1.165, 1.54) is 6.33 Å². The van der Waals surface area contributed by atoms with Gasteiger partial charge < -0.3 is 14.8 Å². The van der Waals surface area contributed by atoms with Crippen molar-refractivity contribution in [2.24, 2.45) is 0 Å². The molecule has 5 nitrogen and oxygen atoms in total. The largest absolute Gasteiger partial charge is 0.489 e. The predicted molar refractivity (Wildman–Crippen MR) is 58.5 cm³/mol. The fraction of sp³-hybridized carbons (Fsp3) is 0.600. The molecule has 1 aromatic heterocycles. The minimum Gasteiger partial charge on any atom is -0.489 e. The summed E-state index contributed by atoms with van der Waals surface area (Å²) >= 11 is 0. The van der Waals surface area contributed by atoms with Crippen molar-refractivity contribution in [3.63, 3.8) is 0 Å². The van der Waals surface area contributed by atoms with Gasteiger partial charge in [-0.2, -0.15) is 4.98 Å². The molecule has 84 valence electrons. The van der Waals surface area contributed by atoms with Crippen molar-refractivity contribution in [1.29, 1.82) is 0 Å². The van der Waals surface area contributed by atoms with Gasteiger partial charge in [0.2, 0.25) is 5.75 Å². The van der Waals surface area contributed by atoms with E-state index >= 15 is 0 Å². The minimum atomic E-state index is -0.313. The number of hydrogen-bond donors (Lipinski definition) is 1. The molecule has 0 atom stereocenters. The first-order valence-corrected chi connectivity index (χ1v) is 4.73. The van der Waals surface area contributed by atoms with Crippen molar-refractivity contribution >= 4 is 5.82 Å². The fourth-order valence-electron chi connectivity index (χ4n) is 1.08. The molecule has 0 radical (unpaired) electrons. The van der Waals surface area contributed by atoms with Crippen LogP contribution in [0, 0.1) is 0 Å². The van der Waals surface area contributed by atoms with Gasteiger partial charge in [-0.1, -0.05) is 0 Å². The third-order valence-electron chi connectivity index (χ3n) is 1.61. The van der Waals surface area contributed by atoms with E-state index in [1.54, 1.807) is 14.2 Å². The molecule has 0 saturated heterocycles. The zero-order valence-corrected chi connectivity index (χ0v) is 9.79. The second-order valence-corrected chi connectivity index (χ2v) is 4.03. The Hall–Kier alpha value is -1.52. The van der Waals surface area contributed by atoms with Crippen molar-refractivity contribution in [2.75, 3.05) is 19.5 Å². The Morgan fingerprint density at radius 3 is 2.40 bits per heavy atom. The van der Waals surface area contributed by atoms with Crippen LogP contribution >= 0.6 is 0 Å². The molecule has 1 rings (SSSR count). The number of aromatic nitrogens is 2. The number of ether oxygens (including phenoxy) is 2. The van der Waals surface area contributed by atoms with Gasteiger partial charge in [0.1, 0.15) is 11.9 Å². The second kappa shape index (κ2) is 4.33. The van der Waals surface area contributed by atoms with Crippen LogP contribution in [0.1, 0.15) is 20.8 Å². The number of rotatable bonds is 3. The third-order valence-corrected chi connectivity index (χ3v) is 1.61. The lowest BCUT2D eigenvalue weighted by Gasteiger charge is -2.22. The number of anilines is 1. The van der Waals surface area contributed by atoms with Crippen molar-refractivity contribution in [3.05, 3.63) is 6.33 Å². The number of hydrogen-bond acceptors (Lipinski definition) is 5. The fourth-order valence-corrected chi connectivity index (χ4v) is 1.08. The quantitative estimate of drug-likeness (QED) is 0.824. The molecule has 0 fully saturated rings. The summed E-state index contributed by atoms with van der Waals surface area (Å²) in [5, 5.41) is 2.92. The average Bonchev–Trinajstić information content (AvgIpc) is 2.15. The Morgan fingerprint density at radius 1 is 1.27 bits per heavy atom. The van der Waals surface area contributed by atoms with Gasteiger partial charge in [0, 0.05) is 7.05 Å². The Morgan fingerprint density at radius 2 is 1.93 bits per heavy atom. The summed E-state index contributed by atoms with van der Waals surface area (Å²) in [4.78, 5) is 8.08. The van der Waals surface area contributed by atoms with Gasteiger partial charge in [0.25, 0.3) is 5.88 Å². The molecule has 0 amide bonds. The molecular formula is C10H17N3O2. The Kier molecular flexibility index (Phi) is 3.34. The van der Waals surface area contributed by atoms with Gasteiger partial charge in [-0.3, -0.25) is 0 Å². The van der Waals surface area contributed by atoms with Crippen LogP contribution in [0.5, 0.6) is 11.6 Å². The topological polar surface area (TPSA) is 56.3 Å². The van der Waals surface area contributed by atoms with Crippen LogP contribution in [0.4, 0.5) is 5.82 Å². The summed E-state index contributed by atoms with van der Waals surface area (Å²) in [6.45, 7) is 5.86. The van der Waals surface area contributed by atoms with E-state index < -0.39 is 0 Å². The standard InChI is InChI=1S/C10H17N3O2/c1-10(2,3)15-9-7(14-5)8(11-4)12-6-13-9/h6H,1-5H3,(H,11,12,13). The summed E-state index contributed by atoms with van der Waals surface area (Å²) in [6, 6.07) is 0. The highest BCUT2D eigenvalue weighted by atomic mass is 16.5. The second-order valence-electron chi connectivity index (χ2n) is 4.03. The molecule has 1 heterocycles. The predicted octanol–water partition coefficient (Wildman–Crippen LogP) is 1.70. The Labute approximate surface area is 89.8 Å². The summed E-state index contributed by atoms with van der Waals surface area (Å²) in [6.07, 6.45) is 1.44. The SMILES string of the molecule is CNc1ncnc(OC(C)(C)C)c1OC. The Balaban J connectivity index is 3.06. The van der Waals surface area contributed by atoms with Crippen LogP contribution in [-0.2, 0) is 0 Å². The van der Waals surface area contributed by atoms with Gasteiger partial charge in [-0.25, -0.2) is 4.98 Å². The zero-order valence-electron chi connectivity index (χ0n) is 9.79. The van der Waals surface area contributed by atoms with Crippen molar-refractivity contribution in [1.82, 2.24) is 9.97 Å². The van der Waals surface area contributed by atoms with Crippen molar-refractivity contribution in [3.8, 4) is 11.6 Å². The van der Waals surface area contributed by atoms with E-state index in [1.807, 2.05) is 20.8 Å². The first-order chi connectivity index (χ1) is 6.98. The number of nitrogens with one attached hydrogen (secondary N) is 1. The van der Waals surface area contributed by atoms with Crippen LogP contribution < -0.4 is 14.8 Å². The molecule has 0 aliphatic heterocycles. The first-order valence-electron chi connectivity index (χ1n) is 4.73. The summed E-state index contributed by atoms with van der Waals surface area (Å²) in [5.41, 5.74) is -0.313. The van der Waals surface area contributed by atoms with Crippen molar-refractivity contribution < 1.29 is 9.47 Å². The van der Waals surface area contributed by atoms with E-state index in [0.29, 0.717) is 17.4 Å². The maximum absolute atomic E-state index is 5.65. The van der Waals surface area contributed by atoms with Gasteiger partial charge in [-0.15, -0.1) is 0 Å². The van der Waals surface area contributed by atoms with Crippen molar-refractivity contribution in [2.45, 2.75) is 26.4 Å². The Bertz CT molecular complexity index is 334. The van der Waals surface area contributed by atoms with Crippen LogP contribution in [0.2, 0.25) is 0 Å². The van der Waals surface area contributed by atoms with Crippen LogP contribution in [-0.4, -0.2) is 29.7 Å².